The first-order valence-electron chi connectivity index (χ1n) is 5.07. The Labute approximate surface area is 104 Å². The minimum absolute atomic E-state index is 0.167. The Hall–Kier alpha value is -0.930. The number of hydrogen-bond donors (Lipinski definition) is 1. The van der Waals surface area contributed by atoms with Gasteiger partial charge in [-0.3, -0.25) is 4.99 Å². The molecule has 0 radical (unpaired) electrons. The number of rotatable bonds is 3. The van der Waals surface area contributed by atoms with Gasteiger partial charge in [-0.15, -0.1) is 0 Å². The van der Waals surface area contributed by atoms with E-state index in [9.17, 15) is 0 Å². The van der Waals surface area contributed by atoms with Crippen molar-refractivity contribution in [3.63, 3.8) is 0 Å². The first kappa shape index (κ1) is 11.6. The molecular weight excluding hydrogens is 247 g/mol. The molecule has 1 aromatic carbocycles. The molecule has 1 atom stereocenters. The van der Waals surface area contributed by atoms with Crippen LogP contribution in [0.4, 0.5) is 0 Å². The highest BCUT2D eigenvalue weighted by molar-refractivity contribution is 6.37. The smallest absolute Gasteiger partial charge is 0.157 e. The van der Waals surface area contributed by atoms with Crippen LogP contribution in [0.25, 0.3) is 0 Å². The summed E-state index contributed by atoms with van der Waals surface area (Å²) >= 11 is 12.0. The summed E-state index contributed by atoms with van der Waals surface area (Å²) in [6.07, 6.45) is -0.167. The summed E-state index contributed by atoms with van der Waals surface area (Å²) in [5, 5.41) is 4.18. The number of para-hydroxylation sites is 1. The summed E-state index contributed by atoms with van der Waals surface area (Å²) in [6, 6.07) is 5.28. The van der Waals surface area contributed by atoms with E-state index in [-0.39, 0.29) is 6.10 Å². The Kier molecular flexibility index (Phi) is 3.56. The molecule has 0 unspecified atom stereocenters. The third-order valence-electron chi connectivity index (χ3n) is 2.30. The molecule has 0 saturated heterocycles. The van der Waals surface area contributed by atoms with Crippen LogP contribution in [0.1, 0.15) is 6.92 Å². The lowest BCUT2D eigenvalue weighted by atomic mass is 10.3. The molecule has 0 amide bonds. The molecule has 1 aromatic rings. The van der Waals surface area contributed by atoms with Gasteiger partial charge in [-0.2, -0.15) is 0 Å². The van der Waals surface area contributed by atoms with E-state index in [1.54, 1.807) is 18.2 Å². The second-order valence-corrected chi connectivity index (χ2v) is 4.32. The molecule has 1 N–H and O–H groups in total. The summed E-state index contributed by atoms with van der Waals surface area (Å²) < 4.78 is 5.70. The van der Waals surface area contributed by atoms with Crippen LogP contribution < -0.4 is 10.1 Å². The van der Waals surface area contributed by atoms with Crippen LogP contribution in [0.5, 0.6) is 5.75 Å². The predicted octanol–water partition coefficient (Wildman–Crippen LogP) is 2.76. The van der Waals surface area contributed by atoms with Gasteiger partial charge in [-0.25, -0.2) is 0 Å². The zero-order valence-corrected chi connectivity index (χ0v) is 10.3. The summed E-state index contributed by atoms with van der Waals surface area (Å²) in [7, 11) is 0. The molecule has 1 heterocycles. The van der Waals surface area contributed by atoms with Crippen LogP contribution in [0, 0.1) is 0 Å². The zero-order chi connectivity index (χ0) is 11.5. The van der Waals surface area contributed by atoms with Crippen LogP contribution in [-0.2, 0) is 0 Å². The molecule has 1 aliphatic heterocycles. The maximum Gasteiger partial charge on any atom is 0.157 e. The van der Waals surface area contributed by atoms with Crippen LogP contribution in [0.3, 0.4) is 0 Å². The number of aliphatic imine (C=N–C) groups is 1. The maximum atomic E-state index is 6.01. The number of nitrogens with one attached hydrogen (secondary N) is 1. The highest BCUT2D eigenvalue weighted by atomic mass is 35.5. The van der Waals surface area contributed by atoms with Crippen molar-refractivity contribution in [2.75, 3.05) is 13.1 Å². The lowest BCUT2D eigenvalue weighted by Crippen LogP contribution is -2.33. The summed E-state index contributed by atoms with van der Waals surface area (Å²) in [6.45, 7) is 3.56. The molecule has 0 aromatic heterocycles. The van der Waals surface area contributed by atoms with E-state index in [1.807, 2.05) is 6.92 Å². The van der Waals surface area contributed by atoms with Crippen molar-refractivity contribution in [1.29, 1.82) is 0 Å². The Balaban J connectivity index is 2.14. The lowest BCUT2D eigenvalue weighted by Gasteiger charge is -2.16. The number of hydrogen-bond acceptors (Lipinski definition) is 3. The maximum absolute atomic E-state index is 6.01. The van der Waals surface area contributed by atoms with Crippen molar-refractivity contribution in [1.82, 2.24) is 5.32 Å². The molecule has 0 bridgehead atoms. The van der Waals surface area contributed by atoms with Gasteiger partial charge in [-0.1, -0.05) is 29.3 Å². The fourth-order valence-corrected chi connectivity index (χ4v) is 2.00. The Morgan fingerprint density at radius 3 is 2.62 bits per heavy atom. The van der Waals surface area contributed by atoms with E-state index < -0.39 is 0 Å². The van der Waals surface area contributed by atoms with E-state index in [2.05, 4.69) is 10.3 Å². The largest absolute Gasteiger partial charge is 0.480 e. The highest BCUT2D eigenvalue weighted by Crippen LogP contribution is 2.33. The Morgan fingerprint density at radius 2 is 2.06 bits per heavy atom. The monoisotopic (exact) mass is 258 g/mol. The van der Waals surface area contributed by atoms with Crippen molar-refractivity contribution >= 4 is 29.0 Å². The lowest BCUT2D eigenvalue weighted by molar-refractivity contribution is 0.284. The van der Waals surface area contributed by atoms with Crippen molar-refractivity contribution in [2.24, 2.45) is 4.99 Å². The van der Waals surface area contributed by atoms with Gasteiger partial charge in [0.2, 0.25) is 0 Å². The van der Waals surface area contributed by atoms with Gasteiger partial charge >= 0.3 is 0 Å². The molecule has 16 heavy (non-hydrogen) atoms. The first-order chi connectivity index (χ1) is 7.68. The average molecular weight is 259 g/mol. The topological polar surface area (TPSA) is 33.6 Å². The normalized spacial score (nSPS) is 16.6. The molecule has 0 spiro atoms. The number of benzene rings is 1. The van der Waals surface area contributed by atoms with Crippen LogP contribution in [-0.4, -0.2) is 25.0 Å². The molecule has 2 rings (SSSR count). The third kappa shape index (κ3) is 2.42. The molecule has 5 heteroatoms. The zero-order valence-electron chi connectivity index (χ0n) is 8.84. The average Bonchev–Trinajstić information content (AvgIpc) is 2.76. The number of amidine groups is 1. The molecular formula is C11H12Cl2N2O. The van der Waals surface area contributed by atoms with Gasteiger partial charge in [0.05, 0.1) is 16.6 Å². The van der Waals surface area contributed by atoms with Crippen molar-refractivity contribution < 1.29 is 4.74 Å². The van der Waals surface area contributed by atoms with E-state index in [1.165, 1.54) is 0 Å². The minimum Gasteiger partial charge on any atom is -0.480 e. The van der Waals surface area contributed by atoms with Gasteiger partial charge in [0.25, 0.3) is 0 Å². The van der Waals surface area contributed by atoms with Gasteiger partial charge in [-0.05, 0) is 19.1 Å². The second kappa shape index (κ2) is 4.93. The fraction of sp³-hybridized carbons (Fsp3) is 0.364. The standard InChI is InChI=1S/C11H12Cl2N2O/c1-7(11-14-5-6-15-11)16-10-8(12)3-2-4-9(10)13/h2-4,7H,5-6H2,1H3,(H,14,15)/t7-/m0/s1. The molecule has 1 aliphatic rings. The Bertz CT molecular complexity index is 400. The van der Waals surface area contributed by atoms with Crippen LogP contribution in [0.2, 0.25) is 10.0 Å². The van der Waals surface area contributed by atoms with E-state index >= 15 is 0 Å². The van der Waals surface area contributed by atoms with Crippen LogP contribution in [0.15, 0.2) is 23.2 Å². The first-order valence-corrected chi connectivity index (χ1v) is 5.83. The van der Waals surface area contributed by atoms with Crippen molar-refractivity contribution in [3.8, 4) is 5.75 Å². The third-order valence-corrected chi connectivity index (χ3v) is 2.89. The second-order valence-electron chi connectivity index (χ2n) is 3.50. The van der Waals surface area contributed by atoms with Gasteiger partial charge < -0.3 is 10.1 Å². The summed E-state index contributed by atoms with van der Waals surface area (Å²) in [5.41, 5.74) is 0. The van der Waals surface area contributed by atoms with E-state index in [4.69, 9.17) is 27.9 Å². The molecule has 3 nitrogen and oxygen atoms in total. The summed E-state index contributed by atoms with van der Waals surface area (Å²) in [5.74, 6) is 1.35. The van der Waals surface area contributed by atoms with Gasteiger partial charge in [0, 0.05) is 6.54 Å². The van der Waals surface area contributed by atoms with Crippen molar-refractivity contribution in [3.05, 3.63) is 28.2 Å². The fourth-order valence-electron chi connectivity index (χ4n) is 1.52. The molecule has 86 valence electrons. The predicted molar refractivity (Wildman–Crippen MR) is 66.9 cm³/mol. The molecule has 0 aliphatic carbocycles. The number of nitrogens with zero attached hydrogens (tertiary/aromatic N) is 1. The quantitative estimate of drug-likeness (QED) is 0.905. The summed E-state index contributed by atoms with van der Waals surface area (Å²) in [4.78, 5) is 4.29. The molecule has 0 fully saturated rings. The minimum atomic E-state index is -0.167. The number of halogens is 2. The van der Waals surface area contributed by atoms with Crippen LogP contribution >= 0.6 is 23.2 Å². The SMILES string of the molecule is C[C@H](Oc1c(Cl)cccc1Cl)C1=NCCN1. The van der Waals surface area contributed by atoms with Gasteiger partial charge in [0.15, 0.2) is 11.9 Å². The highest BCUT2D eigenvalue weighted by Gasteiger charge is 2.17. The van der Waals surface area contributed by atoms with E-state index in [0.717, 1.165) is 18.9 Å². The molecule has 0 saturated carbocycles. The van der Waals surface area contributed by atoms with E-state index in [0.29, 0.717) is 15.8 Å². The number of ether oxygens (including phenoxy) is 1. The van der Waals surface area contributed by atoms with Crippen molar-refractivity contribution in [2.45, 2.75) is 13.0 Å². The Morgan fingerprint density at radius 1 is 1.38 bits per heavy atom. The van der Waals surface area contributed by atoms with Gasteiger partial charge in [0.1, 0.15) is 5.84 Å².